The van der Waals surface area contributed by atoms with Gasteiger partial charge < -0.3 is 5.32 Å². The lowest BCUT2D eigenvalue weighted by Crippen LogP contribution is -2.27. The molecule has 17 heavy (non-hydrogen) atoms. The Morgan fingerprint density at radius 1 is 1.41 bits per heavy atom. The molecule has 0 amide bonds. The largest absolute Gasteiger partial charge is 0.314 e. The molecule has 1 nitrogen and oxygen atoms in total. The van der Waals surface area contributed by atoms with Crippen LogP contribution in [0.15, 0.2) is 18.2 Å². The van der Waals surface area contributed by atoms with E-state index in [1.54, 1.807) is 12.1 Å². The van der Waals surface area contributed by atoms with Crippen molar-refractivity contribution in [1.29, 1.82) is 0 Å². The van der Waals surface area contributed by atoms with E-state index in [9.17, 15) is 8.78 Å². The van der Waals surface area contributed by atoms with Crippen molar-refractivity contribution in [1.82, 2.24) is 5.32 Å². The molecule has 1 aliphatic carbocycles. The van der Waals surface area contributed by atoms with Gasteiger partial charge in [-0.3, -0.25) is 0 Å². The SMILES string of the molecule is CC(C)NCC1CC1(C)c1cccc(F)c1F. The van der Waals surface area contributed by atoms with Crippen LogP contribution in [0.3, 0.4) is 0 Å². The summed E-state index contributed by atoms with van der Waals surface area (Å²) < 4.78 is 26.9. The molecule has 1 fully saturated rings. The molecule has 0 aliphatic heterocycles. The van der Waals surface area contributed by atoms with Gasteiger partial charge in [0.1, 0.15) is 0 Å². The predicted molar refractivity (Wildman–Crippen MR) is 65.0 cm³/mol. The molecule has 0 spiro atoms. The van der Waals surface area contributed by atoms with Crippen LogP contribution in [0.1, 0.15) is 32.8 Å². The summed E-state index contributed by atoms with van der Waals surface area (Å²) in [4.78, 5) is 0. The van der Waals surface area contributed by atoms with E-state index in [2.05, 4.69) is 19.2 Å². The van der Waals surface area contributed by atoms with Crippen LogP contribution in [0.25, 0.3) is 0 Å². The second kappa shape index (κ2) is 4.37. The number of hydrogen-bond donors (Lipinski definition) is 1. The normalized spacial score (nSPS) is 27.5. The first-order valence-electron chi connectivity index (χ1n) is 6.13. The molecule has 1 aromatic carbocycles. The summed E-state index contributed by atoms with van der Waals surface area (Å²) in [5.41, 5.74) is 0.321. The standard InChI is InChI=1S/C14H19F2N/c1-9(2)17-8-10-7-14(10,3)11-5-4-6-12(15)13(11)16/h4-6,9-10,17H,7-8H2,1-3H3. The summed E-state index contributed by atoms with van der Waals surface area (Å²) in [7, 11) is 0. The van der Waals surface area contributed by atoms with E-state index in [1.807, 2.05) is 6.92 Å². The van der Waals surface area contributed by atoms with Crippen LogP contribution in [0, 0.1) is 17.6 Å². The molecule has 1 aromatic rings. The first-order chi connectivity index (χ1) is 7.95. The molecular weight excluding hydrogens is 220 g/mol. The molecule has 2 atom stereocenters. The molecule has 1 saturated carbocycles. The quantitative estimate of drug-likeness (QED) is 0.850. The zero-order valence-electron chi connectivity index (χ0n) is 10.6. The van der Waals surface area contributed by atoms with Gasteiger partial charge in [-0.05, 0) is 35.9 Å². The number of hydrogen-bond acceptors (Lipinski definition) is 1. The Labute approximate surface area is 101 Å². The zero-order chi connectivity index (χ0) is 12.6. The molecule has 1 N–H and O–H groups in total. The fourth-order valence-corrected chi connectivity index (χ4v) is 2.40. The van der Waals surface area contributed by atoms with Crippen molar-refractivity contribution in [3.05, 3.63) is 35.4 Å². The lowest BCUT2D eigenvalue weighted by Gasteiger charge is -2.14. The fraction of sp³-hybridized carbons (Fsp3) is 0.571. The highest BCUT2D eigenvalue weighted by Gasteiger charge is 2.52. The van der Waals surface area contributed by atoms with Crippen LogP contribution in [-0.2, 0) is 5.41 Å². The lowest BCUT2D eigenvalue weighted by atomic mass is 9.94. The van der Waals surface area contributed by atoms with Gasteiger partial charge in [0.05, 0.1) is 0 Å². The first-order valence-corrected chi connectivity index (χ1v) is 6.13. The Morgan fingerprint density at radius 2 is 2.12 bits per heavy atom. The smallest absolute Gasteiger partial charge is 0.162 e. The van der Waals surface area contributed by atoms with E-state index in [4.69, 9.17) is 0 Å². The third kappa shape index (κ3) is 2.34. The third-order valence-electron chi connectivity index (χ3n) is 3.75. The Bertz CT molecular complexity index is 417. The molecule has 3 heteroatoms. The molecule has 2 unspecified atom stereocenters. The minimum atomic E-state index is -0.744. The fourth-order valence-electron chi connectivity index (χ4n) is 2.40. The zero-order valence-corrected chi connectivity index (χ0v) is 10.6. The highest BCUT2D eigenvalue weighted by Crippen LogP contribution is 2.54. The number of benzene rings is 1. The van der Waals surface area contributed by atoms with Crippen LogP contribution in [-0.4, -0.2) is 12.6 Å². The Hall–Kier alpha value is -0.960. The van der Waals surface area contributed by atoms with Crippen molar-refractivity contribution >= 4 is 0 Å². The molecule has 2 rings (SSSR count). The van der Waals surface area contributed by atoms with Crippen molar-refractivity contribution in [2.24, 2.45) is 5.92 Å². The van der Waals surface area contributed by atoms with Crippen LogP contribution in [0.4, 0.5) is 8.78 Å². The van der Waals surface area contributed by atoms with Gasteiger partial charge in [-0.15, -0.1) is 0 Å². The van der Waals surface area contributed by atoms with Crippen LogP contribution in [0.5, 0.6) is 0 Å². The van der Waals surface area contributed by atoms with E-state index in [-0.39, 0.29) is 5.41 Å². The molecule has 0 bridgehead atoms. The van der Waals surface area contributed by atoms with Crippen molar-refractivity contribution < 1.29 is 8.78 Å². The van der Waals surface area contributed by atoms with Crippen molar-refractivity contribution in [2.75, 3.05) is 6.54 Å². The molecule has 0 radical (unpaired) electrons. The summed E-state index contributed by atoms with van der Waals surface area (Å²) >= 11 is 0. The topological polar surface area (TPSA) is 12.0 Å². The summed E-state index contributed by atoms with van der Waals surface area (Å²) in [6.07, 6.45) is 0.924. The molecule has 0 saturated heterocycles. The van der Waals surface area contributed by atoms with Gasteiger partial charge in [-0.2, -0.15) is 0 Å². The van der Waals surface area contributed by atoms with Gasteiger partial charge in [0.25, 0.3) is 0 Å². The maximum absolute atomic E-state index is 13.7. The monoisotopic (exact) mass is 239 g/mol. The summed E-state index contributed by atoms with van der Waals surface area (Å²) in [6, 6.07) is 4.89. The Balaban J connectivity index is 2.11. The van der Waals surface area contributed by atoms with Gasteiger partial charge in [0.15, 0.2) is 11.6 Å². The molecule has 0 aromatic heterocycles. The molecule has 1 aliphatic rings. The van der Waals surface area contributed by atoms with Crippen molar-refractivity contribution in [3.63, 3.8) is 0 Å². The van der Waals surface area contributed by atoms with Gasteiger partial charge in [0, 0.05) is 6.04 Å². The second-order valence-corrected chi connectivity index (χ2v) is 5.48. The van der Waals surface area contributed by atoms with E-state index < -0.39 is 11.6 Å². The molecule has 94 valence electrons. The minimum absolute atomic E-state index is 0.200. The summed E-state index contributed by atoms with van der Waals surface area (Å²) in [5, 5.41) is 3.35. The van der Waals surface area contributed by atoms with Gasteiger partial charge >= 0.3 is 0 Å². The van der Waals surface area contributed by atoms with E-state index in [0.717, 1.165) is 13.0 Å². The summed E-state index contributed by atoms with van der Waals surface area (Å²) in [5.74, 6) is -1.02. The average Bonchev–Trinajstić information content (AvgIpc) is 2.92. The van der Waals surface area contributed by atoms with Crippen molar-refractivity contribution in [2.45, 2.75) is 38.6 Å². The Morgan fingerprint density at radius 3 is 2.76 bits per heavy atom. The summed E-state index contributed by atoms with van der Waals surface area (Å²) in [6.45, 7) is 7.05. The third-order valence-corrected chi connectivity index (χ3v) is 3.75. The molecule has 0 heterocycles. The van der Waals surface area contributed by atoms with E-state index in [0.29, 0.717) is 17.5 Å². The van der Waals surface area contributed by atoms with Crippen LogP contribution in [0.2, 0.25) is 0 Å². The second-order valence-electron chi connectivity index (χ2n) is 5.48. The van der Waals surface area contributed by atoms with Gasteiger partial charge in [-0.1, -0.05) is 32.9 Å². The van der Waals surface area contributed by atoms with Crippen molar-refractivity contribution in [3.8, 4) is 0 Å². The van der Waals surface area contributed by atoms with Gasteiger partial charge in [0.2, 0.25) is 0 Å². The van der Waals surface area contributed by atoms with E-state index >= 15 is 0 Å². The highest BCUT2D eigenvalue weighted by atomic mass is 19.2. The first kappa shape index (κ1) is 12.5. The van der Waals surface area contributed by atoms with Crippen LogP contribution < -0.4 is 5.32 Å². The molecular formula is C14H19F2N. The van der Waals surface area contributed by atoms with Gasteiger partial charge in [-0.25, -0.2) is 8.78 Å². The predicted octanol–water partition coefficient (Wildman–Crippen LogP) is 3.24. The number of halogens is 2. The van der Waals surface area contributed by atoms with E-state index in [1.165, 1.54) is 6.07 Å². The minimum Gasteiger partial charge on any atom is -0.314 e. The number of rotatable bonds is 4. The van der Waals surface area contributed by atoms with Crippen LogP contribution >= 0.6 is 0 Å². The lowest BCUT2D eigenvalue weighted by molar-refractivity contribution is 0.474. The highest BCUT2D eigenvalue weighted by molar-refractivity contribution is 5.34. The maximum atomic E-state index is 13.7. The average molecular weight is 239 g/mol. The Kier molecular flexibility index (Phi) is 3.21. The maximum Gasteiger partial charge on any atom is 0.162 e. The number of nitrogens with one attached hydrogen (secondary N) is 1.